The van der Waals surface area contributed by atoms with Crippen LogP contribution in [-0.4, -0.2) is 11.8 Å². The SMILES string of the molecule is Cc1ccc(Nc2ccccc2-c2cc(-c3ccc4c(c3)C(C)(C)c3ccccc3-4)c3c4ccccc4n4c3c2[B]c2sc3ccccc3c2-4)cc1. The molecule has 3 heterocycles. The topological polar surface area (TPSA) is 17.0 Å². The third kappa shape index (κ3) is 4.13. The number of nitrogens with one attached hydrogen (secondary N) is 1. The maximum Gasteiger partial charge on any atom is 0.211 e. The number of aryl methyl sites for hydroxylation is 1. The molecule has 0 saturated carbocycles. The van der Waals surface area contributed by atoms with Gasteiger partial charge in [-0.1, -0.05) is 123 Å². The molecule has 1 radical (unpaired) electrons. The number of nitrogens with zero attached hydrogens (tertiary/aromatic N) is 1. The lowest BCUT2D eigenvalue weighted by Gasteiger charge is -2.24. The Bertz CT molecular complexity index is 2940. The fourth-order valence-corrected chi connectivity index (χ4v) is 10.2. The molecule has 0 amide bonds. The van der Waals surface area contributed by atoms with E-state index in [9.17, 15) is 0 Å². The average molecular weight is 682 g/mol. The number of anilines is 2. The van der Waals surface area contributed by atoms with E-state index in [1.54, 1.807) is 0 Å². The molecule has 1 aliphatic heterocycles. The van der Waals surface area contributed by atoms with Crippen LogP contribution in [0.5, 0.6) is 0 Å². The zero-order valence-corrected chi connectivity index (χ0v) is 30.1. The molecule has 4 heteroatoms. The van der Waals surface area contributed by atoms with Crippen molar-refractivity contribution in [1.29, 1.82) is 0 Å². The monoisotopic (exact) mass is 681 g/mol. The molecule has 0 fully saturated rings. The summed E-state index contributed by atoms with van der Waals surface area (Å²) >= 11 is 1.89. The van der Waals surface area contributed by atoms with Gasteiger partial charge in [0.15, 0.2) is 0 Å². The van der Waals surface area contributed by atoms with Crippen LogP contribution in [-0.2, 0) is 5.41 Å². The van der Waals surface area contributed by atoms with Crippen LogP contribution < -0.4 is 15.6 Å². The highest BCUT2D eigenvalue weighted by Gasteiger charge is 2.36. The van der Waals surface area contributed by atoms with Crippen molar-refractivity contribution in [1.82, 2.24) is 4.57 Å². The molecular weight excluding hydrogens is 647 g/mol. The number of thiophene rings is 1. The van der Waals surface area contributed by atoms with E-state index in [0.717, 1.165) is 11.4 Å². The summed E-state index contributed by atoms with van der Waals surface area (Å²) in [6.45, 7) is 6.89. The fraction of sp³-hybridized carbons (Fsp3) is 0.0833. The van der Waals surface area contributed by atoms with Gasteiger partial charge in [0, 0.05) is 48.7 Å². The molecule has 52 heavy (non-hydrogen) atoms. The largest absolute Gasteiger partial charge is 0.355 e. The lowest BCUT2D eigenvalue weighted by molar-refractivity contribution is 0.660. The highest BCUT2D eigenvalue weighted by molar-refractivity contribution is 7.29. The standard InChI is InChI=1S/C48H34BN2S/c1-28-20-23-30(24-21-28)50-40-17-9-5-13-33(40)37-27-36(29-22-25-32-31-12-4-8-16-38(31)48(2,3)39(32)26-29)43-34-14-6-10-18-41(34)51-45-35-15-7-11-19-42(35)52-47(45)49-44(37)46(43)51/h4-27,50H,1-3H3. The summed E-state index contributed by atoms with van der Waals surface area (Å²) in [6, 6.07) is 54.0. The predicted octanol–water partition coefficient (Wildman–Crippen LogP) is 11.7. The molecule has 2 aliphatic rings. The molecule has 2 nitrogen and oxygen atoms in total. The minimum atomic E-state index is -0.0912. The van der Waals surface area contributed by atoms with Crippen LogP contribution in [0.3, 0.4) is 0 Å². The van der Waals surface area contributed by atoms with E-state index in [4.69, 9.17) is 0 Å². The molecule has 0 atom stereocenters. The second-order valence-electron chi connectivity index (χ2n) is 14.9. The Balaban J connectivity index is 1.25. The van der Waals surface area contributed by atoms with E-state index in [1.807, 2.05) is 11.3 Å². The second-order valence-corrected chi connectivity index (χ2v) is 16.0. The molecule has 7 aromatic carbocycles. The van der Waals surface area contributed by atoms with Crippen molar-refractivity contribution in [2.24, 2.45) is 0 Å². The van der Waals surface area contributed by atoms with Gasteiger partial charge in [0.1, 0.15) is 0 Å². The summed E-state index contributed by atoms with van der Waals surface area (Å²) in [4.78, 5) is 0. The summed E-state index contributed by atoms with van der Waals surface area (Å²) in [5.74, 6) is 0. The average Bonchev–Trinajstić information content (AvgIpc) is 3.79. The lowest BCUT2D eigenvalue weighted by atomic mass is 9.62. The van der Waals surface area contributed by atoms with Gasteiger partial charge >= 0.3 is 0 Å². The van der Waals surface area contributed by atoms with Gasteiger partial charge in [-0.25, -0.2) is 0 Å². The maximum absolute atomic E-state index is 3.79. The van der Waals surface area contributed by atoms with Crippen LogP contribution in [0, 0.1) is 6.92 Å². The van der Waals surface area contributed by atoms with Crippen LogP contribution in [0.1, 0.15) is 30.5 Å². The van der Waals surface area contributed by atoms with Crippen LogP contribution in [0.2, 0.25) is 0 Å². The molecule has 0 bridgehead atoms. The molecule has 0 unspecified atom stereocenters. The highest BCUT2D eigenvalue weighted by Crippen LogP contribution is 2.51. The summed E-state index contributed by atoms with van der Waals surface area (Å²) in [7, 11) is 2.46. The van der Waals surface area contributed by atoms with Gasteiger partial charge in [0.05, 0.1) is 11.2 Å². The Morgan fingerprint density at radius 3 is 2.19 bits per heavy atom. The van der Waals surface area contributed by atoms with Gasteiger partial charge < -0.3 is 9.88 Å². The van der Waals surface area contributed by atoms with Crippen LogP contribution in [0.15, 0.2) is 146 Å². The summed E-state index contributed by atoms with van der Waals surface area (Å²) < 4.78 is 5.18. The van der Waals surface area contributed by atoms with Crippen molar-refractivity contribution < 1.29 is 0 Å². The number of hydrogen-bond acceptors (Lipinski definition) is 2. The Morgan fingerprint density at radius 2 is 1.33 bits per heavy atom. The van der Waals surface area contributed by atoms with Crippen molar-refractivity contribution in [2.45, 2.75) is 26.2 Å². The quantitative estimate of drug-likeness (QED) is 0.183. The smallest absolute Gasteiger partial charge is 0.211 e. The van der Waals surface area contributed by atoms with Crippen molar-refractivity contribution in [3.63, 3.8) is 0 Å². The molecule has 0 spiro atoms. The minimum Gasteiger partial charge on any atom is -0.355 e. The normalized spacial score (nSPS) is 13.6. The Morgan fingerprint density at radius 1 is 0.615 bits per heavy atom. The summed E-state index contributed by atoms with van der Waals surface area (Å²) in [5.41, 5.74) is 18.8. The molecule has 0 saturated heterocycles. The molecule has 2 aromatic heterocycles. The first kappa shape index (κ1) is 29.9. The highest BCUT2D eigenvalue weighted by atomic mass is 32.1. The Hall–Kier alpha value is -5.84. The molecule has 1 N–H and O–H groups in total. The first-order valence-electron chi connectivity index (χ1n) is 18.1. The van der Waals surface area contributed by atoms with Gasteiger partial charge in [-0.15, -0.1) is 11.3 Å². The number of rotatable bonds is 4. The van der Waals surface area contributed by atoms with Gasteiger partial charge in [-0.2, -0.15) is 0 Å². The molecule has 245 valence electrons. The minimum absolute atomic E-state index is 0.0912. The number of para-hydroxylation sites is 2. The first-order valence-corrected chi connectivity index (χ1v) is 18.9. The lowest BCUT2D eigenvalue weighted by Crippen LogP contribution is -2.35. The number of benzene rings is 7. The number of fused-ring (bicyclic) bond motifs is 10. The maximum atomic E-state index is 3.79. The fourth-order valence-electron chi connectivity index (χ4n) is 9.02. The van der Waals surface area contributed by atoms with Gasteiger partial charge in [0.25, 0.3) is 0 Å². The van der Waals surface area contributed by atoms with Crippen molar-refractivity contribution in [2.75, 3.05) is 5.32 Å². The van der Waals surface area contributed by atoms with Crippen molar-refractivity contribution in [3.05, 3.63) is 162 Å². The Labute approximate surface area is 308 Å². The molecule has 11 rings (SSSR count). The summed E-state index contributed by atoms with van der Waals surface area (Å²) in [5, 5.41) is 7.69. The predicted molar refractivity (Wildman–Crippen MR) is 224 cm³/mol. The number of aromatic nitrogens is 1. The van der Waals surface area contributed by atoms with Crippen molar-refractivity contribution >= 4 is 72.1 Å². The van der Waals surface area contributed by atoms with Gasteiger partial charge in [-0.3, -0.25) is 0 Å². The van der Waals surface area contributed by atoms with Gasteiger partial charge in [0.2, 0.25) is 7.28 Å². The third-order valence-corrected chi connectivity index (χ3v) is 12.6. The molecule has 9 aromatic rings. The Kier molecular flexibility index (Phi) is 6.22. The van der Waals surface area contributed by atoms with E-state index in [1.165, 1.54) is 97.9 Å². The zero-order valence-electron chi connectivity index (χ0n) is 29.3. The third-order valence-electron chi connectivity index (χ3n) is 11.5. The second kappa shape index (κ2) is 10.8. The van der Waals surface area contributed by atoms with Gasteiger partial charge in [-0.05, 0) is 98.6 Å². The van der Waals surface area contributed by atoms with Crippen LogP contribution in [0.25, 0.3) is 71.0 Å². The van der Waals surface area contributed by atoms with Crippen LogP contribution >= 0.6 is 11.3 Å². The van der Waals surface area contributed by atoms with E-state index >= 15 is 0 Å². The molecule has 1 aliphatic carbocycles. The van der Waals surface area contributed by atoms with E-state index in [0.29, 0.717) is 0 Å². The number of hydrogen-bond donors (Lipinski definition) is 1. The van der Waals surface area contributed by atoms with Crippen LogP contribution in [0.4, 0.5) is 11.4 Å². The van der Waals surface area contributed by atoms with E-state index in [-0.39, 0.29) is 5.41 Å². The van der Waals surface area contributed by atoms with Crippen molar-refractivity contribution in [3.8, 4) is 39.1 Å². The zero-order chi connectivity index (χ0) is 34.7. The van der Waals surface area contributed by atoms with E-state index in [2.05, 4.69) is 184 Å². The molecular formula is C48H34BN2S. The first-order chi connectivity index (χ1) is 25.5. The summed E-state index contributed by atoms with van der Waals surface area (Å²) in [6.07, 6.45) is 0. The van der Waals surface area contributed by atoms with E-state index < -0.39 is 0 Å².